The molecule has 0 bridgehead atoms. The Hall–Kier alpha value is -2.34. The molecule has 6 nitrogen and oxygen atoms in total. The van der Waals surface area contributed by atoms with Crippen LogP contribution in [0.15, 0.2) is 36.7 Å². The van der Waals surface area contributed by atoms with Crippen molar-refractivity contribution < 1.29 is 14.7 Å². The van der Waals surface area contributed by atoms with Crippen LogP contribution in [0.4, 0.5) is 0 Å². The Kier molecular flexibility index (Phi) is 3.62. The highest BCUT2D eigenvalue weighted by Gasteiger charge is 2.45. The number of rotatable bonds is 4. The van der Waals surface area contributed by atoms with E-state index in [0.29, 0.717) is 23.4 Å². The van der Waals surface area contributed by atoms with Gasteiger partial charge in [-0.1, -0.05) is 17.7 Å². The molecule has 22 heavy (non-hydrogen) atoms. The van der Waals surface area contributed by atoms with Crippen LogP contribution in [0.3, 0.4) is 0 Å². The fourth-order valence-corrected chi connectivity index (χ4v) is 2.60. The van der Waals surface area contributed by atoms with Crippen LogP contribution >= 0.6 is 11.6 Å². The van der Waals surface area contributed by atoms with Crippen molar-refractivity contribution in [3.05, 3.63) is 47.2 Å². The molecule has 1 aliphatic rings. The number of aliphatic carboxylic acids is 1. The van der Waals surface area contributed by atoms with Crippen LogP contribution in [0.25, 0.3) is 5.69 Å². The third-order valence-electron chi connectivity index (χ3n) is 3.89. The summed E-state index contributed by atoms with van der Waals surface area (Å²) < 4.78 is 1.52. The predicted molar refractivity (Wildman–Crippen MR) is 80.3 cm³/mol. The molecule has 0 radical (unpaired) electrons. The number of aromatic nitrogens is 2. The molecule has 0 spiro atoms. The number of amides is 1. The fourth-order valence-electron chi connectivity index (χ4n) is 2.41. The van der Waals surface area contributed by atoms with Crippen molar-refractivity contribution in [3.8, 4) is 5.69 Å². The van der Waals surface area contributed by atoms with Crippen molar-refractivity contribution in [2.45, 2.75) is 24.8 Å². The van der Waals surface area contributed by atoms with Crippen LogP contribution in [0.5, 0.6) is 0 Å². The van der Waals surface area contributed by atoms with E-state index in [2.05, 4.69) is 10.4 Å². The lowest BCUT2D eigenvalue weighted by atomic mass is 9.76. The maximum atomic E-state index is 12.2. The van der Waals surface area contributed by atoms with E-state index in [0.717, 1.165) is 12.1 Å². The maximum absolute atomic E-state index is 12.2. The van der Waals surface area contributed by atoms with Gasteiger partial charge in [-0.2, -0.15) is 5.10 Å². The Balaban J connectivity index is 1.79. The minimum atomic E-state index is -1.13. The highest BCUT2D eigenvalue weighted by Crippen LogP contribution is 2.32. The van der Waals surface area contributed by atoms with E-state index in [1.54, 1.807) is 24.4 Å². The van der Waals surface area contributed by atoms with Crippen molar-refractivity contribution in [2.24, 2.45) is 0 Å². The van der Waals surface area contributed by atoms with Gasteiger partial charge in [0.15, 0.2) is 0 Å². The number of hydrogen-bond donors (Lipinski definition) is 2. The molecular weight excluding hydrogens is 306 g/mol. The molecule has 0 aliphatic heterocycles. The topological polar surface area (TPSA) is 84.2 Å². The van der Waals surface area contributed by atoms with Gasteiger partial charge in [-0.25, -0.2) is 9.48 Å². The van der Waals surface area contributed by atoms with E-state index < -0.39 is 17.4 Å². The average Bonchev–Trinajstić information content (AvgIpc) is 2.92. The predicted octanol–water partition coefficient (Wildman–Crippen LogP) is 2.26. The molecule has 1 heterocycles. The lowest BCUT2D eigenvalue weighted by molar-refractivity contribution is -0.148. The van der Waals surface area contributed by atoms with Gasteiger partial charge in [0.25, 0.3) is 5.91 Å². The van der Waals surface area contributed by atoms with Crippen molar-refractivity contribution in [1.29, 1.82) is 0 Å². The second-order valence-electron chi connectivity index (χ2n) is 5.35. The first kappa shape index (κ1) is 14.6. The van der Waals surface area contributed by atoms with Gasteiger partial charge in [0.1, 0.15) is 5.54 Å². The second kappa shape index (κ2) is 5.46. The van der Waals surface area contributed by atoms with E-state index in [1.165, 1.54) is 10.9 Å². The second-order valence-corrected chi connectivity index (χ2v) is 5.78. The van der Waals surface area contributed by atoms with E-state index in [9.17, 15) is 14.7 Å². The van der Waals surface area contributed by atoms with E-state index in [1.807, 2.05) is 6.07 Å². The summed E-state index contributed by atoms with van der Waals surface area (Å²) in [5, 5.41) is 16.5. The van der Waals surface area contributed by atoms with Crippen molar-refractivity contribution in [1.82, 2.24) is 15.1 Å². The molecule has 2 N–H and O–H groups in total. The Bertz CT molecular complexity index is 737. The molecule has 1 fully saturated rings. The number of carbonyl (C=O) groups is 2. The Morgan fingerprint density at radius 3 is 2.73 bits per heavy atom. The first-order valence-electron chi connectivity index (χ1n) is 6.87. The number of nitrogens with one attached hydrogen (secondary N) is 1. The number of carboxylic acid groups (broad SMARTS) is 1. The standard InChI is InChI=1S/C15H14ClN3O3/c16-11-3-1-4-12(7-11)19-9-10(8-17-19)13(20)18-15(14(21)22)5-2-6-15/h1,3-4,7-9H,2,5-6H2,(H,18,20)(H,21,22). The molecule has 0 saturated heterocycles. The first-order valence-corrected chi connectivity index (χ1v) is 7.24. The SMILES string of the molecule is O=C(NC1(C(=O)O)CCC1)c1cnn(-c2cccc(Cl)c2)c1. The summed E-state index contributed by atoms with van der Waals surface area (Å²) in [4.78, 5) is 23.5. The summed E-state index contributed by atoms with van der Waals surface area (Å²) in [5.41, 5.74) is -0.0921. The highest BCUT2D eigenvalue weighted by molar-refractivity contribution is 6.30. The minimum absolute atomic E-state index is 0.313. The van der Waals surface area contributed by atoms with E-state index >= 15 is 0 Å². The van der Waals surface area contributed by atoms with Gasteiger partial charge in [0.2, 0.25) is 0 Å². The Labute approximate surface area is 131 Å². The molecule has 2 aromatic rings. The third kappa shape index (κ3) is 2.57. The number of nitrogens with zero attached hydrogens (tertiary/aromatic N) is 2. The number of hydrogen-bond acceptors (Lipinski definition) is 3. The zero-order valence-electron chi connectivity index (χ0n) is 11.6. The molecular formula is C15H14ClN3O3. The van der Waals surface area contributed by atoms with Gasteiger partial charge in [-0.3, -0.25) is 4.79 Å². The van der Waals surface area contributed by atoms with Gasteiger partial charge >= 0.3 is 5.97 Å². The summed E-state index contributed by atoms with van der Waals surface area (Å²) in [6, 6.07) is 7.06. The monoisotopic (exact) mass is 319 g/mol. The minimum Gasteiger partial charge on any atom is -0.480 e. The van der Waals surface area contributed by atoms with Gasteiger partial charge in [0.05, 0.1) is 17.4 Å². The fraction of sp³-hybridized carbons (Fsp3) is 0.267. The smallest absolute Gasteiger partial charge is 0.329 e. The zero-order chi connectivity index (χ0) is 15.7. The Morgan fingerprint density at radius 2 is 2.14 bits per heavy atom. The lowest BCUT2D eigenvalue weighted by Crippen LogP contribution is -2.59. The van der Waals surface area contributed by atoms with E-state index in [-0.39, 0.29) is 0 Å². The molecule has 1 saturated carbocycles. The average molecular weight is 320 g/mol. The number of halogens is 1. The molecule has 0 unspecified atom stereocenters. The van der Waals surface area contributed by atoms with Crippen molar-refractivity contribution >= 4 is 23.5 Å². The molecule has 1 aliphatic carbocycles. The molecule has 1 aromatic carbocycles. The number of carbonyl (C=O) groups excluding carboxylic acids is 1. The lowest BCUT2D eigenvalue weighted by Gasteiger charge is -2.38. The zero-order valence-corrected chi connectivity index (χ0v) is 12.4. The Morgan fingerprint density at radius 1 is 1.36 bits per heavy atom. The summed E-state index contributed by atoms with van der Waals surface area (Å²) >= 11 is 5.93. The largest absolute Gasteiger partial charge is 0.480 e. The van der Waals surface area contributed by atoms with Crippen LogP contribution in [-0.4, -0.2) is 32.3 Å². The van der Waals surface area contributed by atoms with Gasteiger partial charge in [-0.15, -0.1) is 0 Å². The normalized spacial score (nSPS) is 15.9. The van der Waals surface area contributed by atoms with Crippen LogP contribution in [0, 0.1) is 0 Å². The summed E-state index contributed by atoms with van der Waals surface area (Å²) in [6.45, 7) is 0. The van der Waals surface area contributed by atoms with Crippen LogP contribution in [0.1, 0.15) is 29.6 Å². The van der Waals surface area contributed by atoms with Gasteiger partial charge in [0, 0.05) is 11.2 Å². The van der Waals surface area contributed by atoms with Crippen LogP contribution in [-0.2, 0) is 4.79 Å². The maximum Gasteiger partial charge on any atom is 0.329 e. The first-order chi connectivity index (χ1) is 10.5. The summed E-state index contributed by atoms with van der Waals surface area (Å²) in [5.74, 6) is -1.43. The van der Waals surface area contributed by atoms with Crippen LogP contribution < -0.4 is 5.32 Å². The van der Waals surface area contributed by atoms with Crippen molar-refractivity contribution in [3.63, 3.8) is 0 Å². The molecule has 114 valence electrons. The molecule has 0 atom stereocenters. The van der Waals surface area contributed by atoms with E-state index in [4.69, 9.17) is 11.6 Å². The quantitative estimate of drug-likeness (QED) is 0.905. The highest BCUT2D eigenvalue weighted by atomic mass is 35.5. The summed E-state index contributed by atoms with van der Waals surface area (Å²) in [6.07, 6.45) is 4.67. The van der Waals surface area contributed by atoms with Gasteiger partial charge in [-0.05, 0) is 37.5 Å². The van der Waals surface area contributed by atoms with Crippen LogP contribution in [0.2, 0.25) is 5.02 Å². The third-order valence-corrected chi connectivity index (χ3v) is 4.12. The molecule has 1 amide bonds. The number of carboxylic acids is 1. The molecule has 7 heteroatoms. The molecule has 3 rings (SSSR count). The molecule has 1 aromatic heterocycles. The van der Waals surface area contributed by atoms with Crippen molar-refractivity contribution in [2.75, 3.05) is 0 Å². The summed E-state index contributed by atoms with van der Waals surface area (Å²) in [7, 11) is 0. The number of benzene rings is 1. The van der Waals surface area contributed by atoms with Gasteiger partial charge < -0.3 is 10.4 Å².